The van der Waals surface area contributed by atoms with Gasteiger partial charge in [-0.15, -0.1) is 10.2 Å². The van der Waals surface area contributed by atoms with Gasteiger partial charge in [0.2, 0.25) is 0 Å². The van der Waals surface area contributed by atoms with E-state index in [-0.39, 0.29) is 11.7 Å². The quantitative estimate of drug-likeness (QED) is 0.632. The molecule has 0 aliphatic carbocycles. The molecule has 162 valence electrons. The lowest BCUT2D eigenvalue weighted by molar-refractivity contribution is 0.0954. The van der Waals surface area contributed by atoms with Crippen LogP contribution in [0, 0.1) is 5.82 Å². The van der Waals surface area contributed by atoms with Crippen molar-refractivity contribution >= 4 is 5.91 Å². The number of benzene rings is 2. The Labute approximate surface area is 180 Å². The Balaban J connectivity index is 1.30. The maximum atomic E-state index is 13.0. The molecule has 0 saturated heterocycles. The van der Waals surface area contributed by atoms with E-state index >= 15 is 0 Å². The molecule has 8 heteroatoms. The van der Waals surface area contributed by atoms with Gasteiger partial charge in [-0.05, 0) is 42.0 Å². The Kier molecular flexibility index (Phi) is 6.57. The minimum atomic E-state index is -0.358. The first-order valence-corrected chi connectivity index (χ1v) is 10.4. The summed E-state index contributed by atoms with van der Waals surface area (Å²) in [6.07, 6.45) is 1.43. The normalized spacial score (nSPS) is 14.0. The molecule has 0 atom stereocenters. The zero-order valence-electron chi connectivity index (χ0n) is 17.6. The molecule has 0 unspecified atom stereocenters. The molecule has 1 aliphatic rings. The van der Waals surface area contributed by atoms with Crippen LogP contribution in [-0.2, 0) is 25.9 Å². The fraction of sp³-hybridized carbons (Fsp3) is 0.348. The molecule has 1 aromatic heterocycles. The number of ether oxygens (including phenoxy) is 1. The van der Waals surface area contributed by atoms with Crippen LogP contribution < -0.4 is 10.1 Å². The average Bonchev–Trinajstić information content (AvgIpc) is 3.06. The largest absolute Gasteiger partial charge is 0.497 e. The van der Waals surface area contributed by atoms with Gasteiger partial charge in [0.1, 0.15) is 23.2 Å². The number of carbonyl (C=O) groups excluding carboxylic acids is 1. The summed E-state index contributed by atoms with van der Waals surface area (Å²) in [5, 5.41) is 11.6. The number of amides is 1. The van der Waals surface area contributed by atoms with Crippen molar-refractivity contribution in [3.63, 3.8) is 0 Å². The predicted octanol–water partition coefficient (Wildman–Crippen LogP) is 2.46. The molecule has 1 N–H and O–H groups in total. The summed E-state index contributed by atoms with van der Waals surface area (Å²) >= 11 is 0. The lowest BCUT2D eigenvalue weighted by Crippen LogP contribution is -2.28. The summed E-state index contributed by atoms with van der Waals surface area (Å²) < 4.78 is 20.4. The Morgan fingerprint density at radius 2 is 1.84 bits per heavy atom. The van der Waals surface area contributed by atoms with Crippen molar-refractivity contribution in [2.24, 2.45) is 0 Å². The van der Waals surface area contributed by atoms with Crippen LogP contribution in [-0.4, -0.2) is 52.3 Å². The summed E-state index contributed by atoms with van der Waals surface area (Å²) in [7, 11) is 1.67. The second-order valence-corrected chi connectivity index (χ2v) is 7.57. The fourth-order valence-electron chi connectivity index (χ4n) is 3.75. The fourth-order valence-corrected chi connectivity index (χ4v) is 3.75. The maximum absolute atomic E-state index is 13.0. The molecule has 0 radical (unpaired) electrons. The molecule has 31 heavy (non-hydrogen) atoms. The molecular formula is C23H26FN5O2. The standard InChI is InChI=1S/C23H26FN5O2/c1-31-20-8-2-17(3-9-20)16-28-13-11-22-27-26-21(29(22)15-14-28)10-12-25-23(30)18-4-6-19(24)7-5-18/h2-9H,10-16H2,1H3,(H,25,30). The van der Waals surface area contributed by atoms with Gasteiger partial charge in [-0.25, -0.2) is 4.39 Å². The van der Waals surface area contributed by atoms with Crippen molar-refractivity contribution in [1.82, 2.24) is 25.0 Å². The Bertz CT molecular complexity index is 1020. The van der Waals surface area contributed by atoms with E-state index in [4.69, 9.17) is 4.74 Å². The van der Waals surface area contributed by atoms with Crippen molar-refractivity contribution in [2.45, 2.75) is 25.9 Å². The van der Waals surface area contributed by atoms with Crippen LogP contribution in [0.15, 0.2) is 48.5 Å². The molecule has 0 saturated carbocycles. The highest BCUT2D eigenvalue weighted by Gasteiger charge is 2.19. The number of rotatable bonds is 7. The van der Waals surface area contributed by atoms with Crippen molar-refractivity contribution < 1.29 is 13.9 Å². The van der Waals surface area contributed by atoms with Gasteiger partial charge in [0.25, 0.3) is 5.91 Å². The molecule has 7 nitrogen and oxygen atoms in total. The first-order chi connectivity index (χ1) is 15.1. The Morgan fingerprint density at radius 1 is 1.06 bits per heavy atom. The highest BCUT2D eigenvalue weighted by molar-refractivity contribution is 5.94. The van der Waals surface area contributed by atoms with Gasteiger partial charge in [0, 0.05) is 51.1 Å². The van der Waals surface area contributed by atoms with Crippen LogP contribution in [0.25, 0.3) is 0 Å². The first kappa shape index (κ1) is 21.0. The van der Waals surface area contributed by atoms with Crippen LogP contribution in [0.3, 0.4) is 0 Å². The molecule has 4 rings (SSSR count). The number of methoxy groups -OCH3 is 1. The zero-order valence-corrected chi connectivity index (χ0v) is 17.6. The molecule has 1 amide bonds. The van der Waals surface area contributed by atoms with Crippen LogP contribution in [0.1, 0.15) is 27.6 Å². The summed E-state index contributed by atoms with van der Waals surface area (Å²) in [6, 6.07) is 13.7. The molecular weight excluding hydrogens is 397 g/mol. The van der Waals surface area contributed by atoms with E-state index in [2.05, 4.69) is 37.1 Å². The molecule has 3 aromatic rings. The highest BCUT2D eigenvalue weighted by atomic mass is 19.1. The third kappa shape index (κ3) is 5.27. The maximum Gasteiger partial charge on any atom is 0.251 e. The third-order valence-corrected chi connectivity index (χ3v) is 5.50. The van der Waals surface area contributed by atoms with Gasteiger partial charge in [-0.3, -0.25) is 9.69 Å². The van der Waals surface area contributed by atoms with Crippen LogP contribution in [0.2, 0.25) is 0 Å². The van der Waals surface area contributed by atoms with E-state index in [9.17, 15) is 9.18 Å². The van der Waals surface area contributed by atoms with E-state index in [0.29, 0.717) is 18.5 Å². The Morgan fingerprint density at radius 3 is 2.58 bits per heavy atom. The van der Waals surface area contributed by atoms with Crippen molar-refractivity contribution in [1.29, 1.82) is 0 Å². The summed E-state index contributed by atoms with van der Waals surface area (Å²) in [6.45, 7) is 3.98. The van der Waals surface area contributed by atoms with Crippen molar-refractivity contribution in [2.75, 3.05) is 26.7 Å². The smallest absolute Gasteiger partial charge is 0.251 e. The molecule has 0 bridgehead atoms. The highest BCUT2D eigenvalue weighted by Crippen LogP contribution is 2.16. The number of nitrogens with one attached hydrogen (secondary N) is 1. The first-order valence-electron chi connectivity index (χ1n) is 10.4. The lowest BCUT2D eigenvalue weighted by atomic mass is 10.2. The monoisotopic (exact) mass is 423 g/mol. The van der Waals surface area contributed by atoms with Crippen LogP contribution >= 0.6 is 0 Å². The third-order valence-electron chi connectivity index (χ3n) is 5.50. The topological polar surface area (TPSA) is 72.3 Å². The van der Waals surface area contributed by atoms with E-state index in [1.165, 1.54) is 29.8 Å². The second kappa shape index (κ2) is 9.70. The number of hydrogen-bond acceptors (Lipinski definition) is 5. The molecule has 2 aromatic carbocycles. The number of hydrogen-bond donors (Lipinski definition) is 1. The number of carbonyl (C=O) groups is 1. The molecule has 0 spiro atoms. The van der Waals surface area contributed by atoms with Gasteiger partial charge < -0.3 is 14.6 Å². The van der Waals surface area contributed by atoms with Gasteiger partial charge >= 0.3 is 0 Å². The Hall–Kier alpha value is -3.26. The molecule has 1 aliphatic heterocycles. The summed E-state index contributed by atoms with van der Waals surface area (Å²) in [5.74, 6) is 2.14. The average molecular weight is 423 g/mol. The SMILES string of the molecule is COc1ccc(CN2CCc3nnc(CCNC(=O)c4ccc(F)cc4)n3CC2)cc1. The number of halogens is 1. The lowest BCUT2D eigenvalue weighted by Gasteiger charge is -2.19. The molecule has 2 heterocycles. The number of aromatic nitrogens is 3. The van der Waals surface area contributed by atoms with E-state index < -0.39 is 0 Å². The minimum absolute atomic E-state index is 0.221. The van der Waals surface area contributed by atoms with Crippen molar-refractivity contribution in [3.05, 3.63) is 77.1 Å². The van der Waals surface area contributed by atoms with Gasteiger partial charge in [-0.1, -0.05) is 12.1 Å². The second-order valence-electron chi connectivity index (χ2n) is 7.57. The molecule has 0 fully saturated rings. The minimum Gasteiger partial charge on any atom is -0.497 e. The van der Waals surface area contributed by atoms with Gasteiger partial charge in [0.05, 0.1) is 7.11 Å². The van der Waals surface area contributed by atoms with Crippen LogP contribution in [0.4, 0.5) is 4.39 Å². The number of nitrogens with zero attached hydrogens (tertiary/aromatic N) is 4. The van der Waals surface area contributed by atoms with E-state index in [1.54, 1.807) is 7.11 Å². The van der Waals surface area contributed by atoms with E-state index in [0.717, 1.165) is 50.0 Å². The van der Waals surface area contributed by atoms with Gasteiger partial charge in [-0.2, -0.15) is 0 Å². The van der Waals surface area contributed by atoms with Crippen LogP contribution in [0.5, 0.6) is 5.75 Å². The summed E-state index contributed by atoms with van der Waals surface area (Å²) in [4.78, 5) is 14.6. The van der Waals surface area contributed by atoms with Gasteiger partial charge in [0.15, 0.2) is 0 Å². The zero-order chi connectivity index (χ0) is 21.6. The predicted molar refractivity (Wildman–Crippen MR) is 114 cm³/mol. The van der Waals surface area contributed by atoms with Crippen molar-refractivity contribution in [3.8, 4) is 5.75 Å². The summed E-state index contributed by atoms with van der Waals surface area (Å²) in [5.41, 5.74) is 1.69. The van der Waals surface area contributed by atoms with E-state index in [1.807, 2.05) is 12.1 Å². The number of fused-ring (bicyclic) bond motifs is 1.